The number of nitrogens with zero attached hydrogens (tertiary/aromatic N) is 1. The van der Waals surface area contributed by atoms with Crippen LogP contribution in [0.25, 0.3) is 0 Å². The number of benzene rings is 2. The number of para-hydroxylation sites is 1. The number of ether oxygens (including phenoxy) is 1. The Hall–Kier alpha value is -3.39. The van der Waals surface area contributed by atoms with E-state index in [1.54, 1.807) is 18.3 Å². The molecule has 7 nitrogen and oxygen atoms in total. The van der Waals surface area contributed by atoms with E-state index in [9.17, 15) is 13.2 Å². The number of amides is 1. The van der Waals surface area contributed by atoms with Gasteiger partial charge in [-0.3, -0.25) is 14.5 Å². The molecule has 0 bridgehead atoms. The summed E-state index contributed by atoms with van der Waals surface area (Å²) >= 11 is 0. The summed E-state index contributed by atoms with van der Waals surface area (Å²) in [7, 11) is -3.75. The summed E-state index contributed by atoms with van der Waals surface area (Å²) in [4.78, 5) is 16.6. The van der Waals surface area contributed by atoms with Crippen LogP contribution in [0.4, 0.5) is 11.4 Å². The normalized spacial score (nSPS) is 12.1. The SMILES string of the molecule is CC[C@@H](Oc1ccccc1C)C(=O)Nc1ccc(S(=O)(=O)Nc2cccnc2)cc1. The molecule has 0 radical (unpaired) electrons. The van der Waals surface area contributed by atoms with Gasteiger partial charge in [0.05, 0.1) is 16.8 Å². The van der Waals surface area contributed by atoms with Crippen LogP contribution < -0.4 is 14.8 Å². The third-order valence-corrected chi connectivity index (χ3v) is 5.77. The molecule has 2 N–H and O–H groups in total. The van der Waals surface area contributed by atoms with Crippen LogP contribution in [0.1, 0.15) is 18.9 Å². The maximum atomic E-state index is 12.6. The summed E-state index contributed by atoms with van der Waals surface area (Å²) in [5, 5.41) is 2.77. The Kier molecular flexibility index (Phi) is 6.68. The Bertz CT molecular complexity index is 1100. The zero-order chi connectivity index (χ0) is 21.6. The van der Waals surface area contributed by atoms with Crippen molar-refractivity contribution in [2.75, 3.05) is 10.0 Å². The van der Waals surface area contributed by atoms with Crippen molar-refractivity contribution in [3.8, 4) is 5.75 Å². The Morgan fingerprint density at radius 1 is 1.03 bits per heavy atom. The second-order valence-corrected chi connectivity index (χ2v) is 8.32. The zero-order valence-electron chi connectivity index (χ0n) is 16.7. The summed E-state index contributed by atoms with van der Waals surface area (Å²) in [5.74, 6) is 0.354. The van der Waals surface area contributed by atoms with Crippen molar-refractivity contribution in [1.82, 2.24) is 4.98 Å². The minimum absolute atomic E-state index is 0.0764. The average Bonchev–Trinajstić information content (AvgIpc) is 2.74. The molecule has 0 fully saturated rings. The van der Waals surface area contributed by atoms with Crippen LogP contribution in [0, 0.1) is 6.92 Å². The summed E-state index contributed by atoms with van der Waals surface area (Å²) in [5.41, 5.74) is 1.79. The number of hydrogen-bond donors (Lipinski definition) is 2. The van der Waals surface area contributed by atoms with E-state index >= 15 is 0 Å². The minimum Gasteiger partial charge on any atom is -0.480 e. The van der Waals surface area contributed by atoms with Gasteiger partial charge in [0.15, 0.2) is 6.10 Å². The fraction of sp³-hybridized carbons (Fsp3) is 0.182. The molecule has 3 rings (SSSR count). The molecule has 0 spiro atoms. The van der Waals surface area contributed by atoms with Crippen molar-refractivity contribution in [2.45, 2.75) is 31.3 Å². The van der Waals surface area contributed by atoms with Gasteiger partial charge in [-0.1, -0.05) is 25.1 Å². The minimum atomic E-state index is -3.75. The Morgan fingerprint density at radius 3 is 2.40 bits per heavy atom. The number of sulfonamides is 1. The molecule has 1 atom stereocenters. The molecular formula is C22H23N3O4S. The molecule has 156 valence electrons. The summed E-state index contributed by atoms with van der Waals surface area (Å²) < 4.78 is 33.3. The van der Waals surface area contributed by atoms with Gasteiger partial charge in [0.1, 0.15) is 5.75 Å². The third-order valence-electron chi connectivity index (χ3n) is 4.37. The largest absolute Gasteiger partial charge is 0.480 e. The number of carbonyl (C=O) groups excluding carboxylic acids is 1. The van der Waals surface area contributed by atoms with Crippen molar-refractivity contribution in [2.24, 2.45) is 0 Å². The van der Waals surface area contributed by atoms with E-state index < -0.39 is 16.1 Å². The lowest BCUT2D eigenvalue weighted by Crippen LogP contribution is -2.32. The second kappa shape index (κ2) is 9.41. The lowest BCUT2D eigenvalue weighted by atomic mass is 10.2. The highest BCUT2D eigenvalue weighted by Crippen LogP contribution is 2.21. The van der Waals surface area contributed by atoms with E-state index in [0.717, 1.165) is 5.56 Å². The Morgan fingerprint density at radius 2 is 1.77 bits per heavy atom. The molecule has 8 heteroatoms. The van der Waals surface area contributed by atoms with E-state index in [0.29, 0.717) is 23.5 Å². The monoisotopic (exact) mass is 425 g/mol. The standard InChI is InChI=1S/C22H23N3O4S/c1-3-20(29-21-9-5-4-7-16(21)2)22(26)24-17-10-12-19(13-11-17)30(27,28)25-18-8-6-14-23-15-18/h4-15,20,25H,3H2,1-2H3,(H,24,26)/t20-/m1/s1. The number of pyridine rings is 1. The summed E-state index contributed by atoms with van der Waals surface area (Å²) in [6, 6.07) is 16.7. The number of hydrogen-bond acceptors (Lipinski definition) is 5. The van der Waals surface area contributed by atoms with Crippen LogP contribution in [0.2, 0.25) is 0 Å². The molecule has 0 unspecified atom stereocenters. The van der Waals surface area contributed by atoms with Crippen LogP contribution in [0.5, 0.6) is 5.75 Å². The first kappa shape index (κ1) is 21.3. The quantitative estimate of drug-likeness (QED) is 0.569. The van der Waals surface area contributed by atoms with E-state index in [2.05, 4.69) is 15.0 Å². The van der Waals surface area contributed by atoms with Gasteiger partial charge in [-0.2, -0.15) is 0 Å². The lowest BCUT2D eigenvalue weighted by Gasteiger charge is -2.18. The third kappa shape index (κ3) is 5.36. The van der Waals surface area contributed by atoms with Gasteiger partial charge in [0.2, 0.25) is 0 Å². The second-order valence-electron chi connectivity index (χ2n) is 6.64. The highest BCUT2D eigenvalue weighted by atomic mass is 32.2. The highest BCUT2D eigenvalue weighted by Gasteiger charge is 2.20. The van der Waals surface area contributed by atoms with Crippen molar-refractivity contribution < 1.29 is 17.9 Å². The molecular weight excluding hydrogens is 402 g/mol. The van der Waals surface area contributed by atoms with Crippen LogP contribution in [-0.4, -0.2) is 25.4 Å². The fourth-order valence-electron chi connectivity index (χ4n) is 2.74. The van der Waals surface area contributed by atoms with E-state index in [4.69, 9.17) is 4.74 Å². The van der Waals surface area contributed by atoms with Crippen LogP contribution in [0.3, 0.4) is 0 Å². The van der Waals surface area contributed by atoms with Gasteiger partial charge >= 0.3 is 0 Å². The van der Waals surface area contributed by atoms with Gasteiger partial charge in [-0.05, 0) is 61.4 Å². The molecule has 0 aliphatic rings. The highest BCUT2D eigenvalue weighted by molar-refractivity contribution is 7.92. The Labute approximate surface area is 176 Å². The van der Waals surface area contributed by atoms with Crippen molar-refractivity contribution in [3.05, 3.63) is 78.6 Å². The maximum absolute atomic E-state index is 12.6. The smallest absolute Gasteiger partial charge is 0.265 e. The maximum Gasteiger partial charge on any atom is 0.265 e. The predicted octanol–water partition coefficient (Wildman–Crippen LogP) is 3.99. The summed E-state index contributed by atoms with van der Waals surface area (Å²) in [6.07, 6.45) is 2.80. The van der Waals surface area contributed by atoms with Crippen molar-refractivity contribution in [1.29, 1.82) is 0 Å². The van der Waals surface area contributed by atoms with Gasteiger partial charge in [-0.25, -0.2) is 8.42 Å². The number of aromatic nitrogens is 1. The predicted molar refractivity (Wildman–Crippen MR) is 116 cm³/mol. The number of rotatable bonds is 8. The van der Waals surface area contributed by atoms with Gasteiger partial charge in [-0.15, -0.1) is 0 Å². The molecule has 30 heavy (non-hydrogen) atoms. The molecule has 0 aliphatic heterocycles. The number of aryl methyl sites for hydroxylation is 1. The topological polar surface area (TPSA) is 97.4 Å². The van der Waals surface area contributed by atoms with E-state index in [1.165, 1.54) is 30.5 Å². The molecule has 1 aromatic heterocycles. The molecule has 0 aliphatic carbocycles. The number of carbonyl (C=O) groups is 1. The molecule has 1 heterocycles. The molecule has 0 saturated heterocycles. The first-order valence-corrected chi connectivity index (χ1v) is 10.9. The summed E-state index contributed by atoms with van der Waals surface area (Å²) in [6.45, 7) is 3.78. The fourth-order valence-corrected chi connectivity index (χ4v) is 3.78. The van der Waals surface area contributed by atoms with Crippen molar-refractivity contribution in [3.63, 3.8) is 0 Å². The van der Waals surface area contributed by atoms with E-state index in [-0.39, 0.29) is 10.8 Å². The Balaban J connectivity index is 1.67. The average molecular weight is 426 g/mol. The van der Waals surface area contributed by atoms with Gasteiger partial charge in [0.25, 0.3) is 15.9 Å². The zero-order valence-corrected chi connectivity index (χ0v) is 17.5. The van der Waals surface area contributed by atoms with Gasteiger partial charge in [0, 0.05) is 11.9 Å². The van der Waals surface area contributed by atoms with Crippen LogP contribution >= 0.6 is 0 Å². The molecule has 0 saturated carbocycles. The lowest BCUT2D eigenvalue weighted by molar-refractivity contribution is -0.122. The molecule has 1 amide bonds. The van der Waals surface area contributed by atoms with E-state index in [1.807, 2.05) is 38.1 Å². The molecule has 3 aromatic rings. The van der Waals surface area contributed by atoms with Crippen LogP contribution in [0.15, 0.2) is 78.0 Å². The number of nitrogens with one attached hydrogen (secondary N) is 2. The number of anilines is 2. The van der Waals surface area contributed by atoms with Crippen molar-refractivity contribution >= 4 is 27.3 Å². The molecule has 2 aromatic carbocycles. The van der Waals surface area contributed by atoms with Gasteiger partial charge < -0.3 is 10.1 Å². The van der Waals surface area contributed by atoms with Crippen LogP contribution in [-0.2, 0) is 14.8 Å². The first-order chi connectivity index (χ1) is 14.4. The first-order valence-electron chi connectivity index (χ1n) is 9.45.